The molecule has 0 radical (unpaired) electrons. The van der Waals surface area contributed by atoms with Crippen LogP contribution in [-0.4, -0.2) is 16.7 Å². The number of hydrogen-bond donors (Lipinski definition) is 0. The van der Waals surface area contributed by atoms with Crippen molar-refractivity contribution in [3.63, 3.8) is 0 Å². The molecule has 1 atom stereocenters. The second kappa shape index (κ2) is 7.39. The van der Waals surface area contributed by atoms with Gasteiger partial charge in [0.1, 0.15) is 23.9 Å². The highest BCUT2D eigenvalue weighted by atomic mass is 16.5. The van der Waals surface area contributed by atoms with Gasteiger partial charge in [-0.2, -0.15) is 0 Å². The van der Waals surface area contributed by atoms with E-state index in [4.69, 9.17) is 14.5 Å². The van der Waals surface area contributed by atoms with Crippen molar-refractivity contribution in [3.8, 4) is 11.5 Å². The normalized spacial score (nSPS) is 12.3. The van der Waals surface area contributed by atoms with Crippen LogP contribution in [0.5, 0.6) is 11.5 Å². The Bertz CT molecular complexity index is 810. The molecule has 0 aliphatic rings. The molecule has 1 heterocycles. The molecule has 0 N–H and O–H groups in total. The van der Waals surface area contributed by atoms with Crippen molar-refractivity contribution < 1.29 is 9.47 Å². The molecule has 4 nitrogen and oxygen atoms in total. The molecule has 0 amide bonds. The molecule has 2 aromatic carbocycles. The Morgan fingerprint density at radius 3 is 2.67 bits per heavy atom. The summed E-state index contributed by atoms with van der Waals surface area (Å²) >= 11 is 0. The minimum absolute atomic E-state index is 0.443. The van der Waals surface area contributed by atoms with Crippen molar-refractivity contribution in [3.05, 3.63) is 54.4 Å². The third-order valence-corrected chi connectivity index (χ3v) is 4.33. The molecule has 0 saturated carbocycles. The predicted octanol–water partition coefficient (Wildman–Crippen LogP) is 4.67. The van der Waals surface area contributed by atoms with E-state index in [9.17, 15) is 0 Å². The van der Waals surface area contributed by atoms with Gasteiger partial charge in [-0.05, 0) is 30.2 Å². The molecule has 0 spiro atoms. The van der Waals surface area contributed by atoms with Gasteiger partial charge < -0.3 is 14.0 Å². The zero-order valence-corrected chi connectivity index (χ0v) is 14.5. The van der Waals surface area contributed by atoms with Gasteiger partial charge in [-0.25, -0.2) is 4.98 Å². The molecule has 0 bridgehead atoms. The molecule has 0 aliphatic carbocycles. The minimum Gasteiger partial charge on any atom is -0.497 e. The molecule has 1 aromatic heterocycles. The van der Waals surface area contributed by atoms with Crippen molar-refractivity contribution >= 4 is 11.0 Å². The Morgan fingerprint density at radius 1 is 1.08 bits per heavy atom. The van der Waals surface area contributed by atoms with E-state index in [1.165, 1.54) is 5.52 Å². The quantitative estimate of drug-likeness (QED) is 0.633. The monoisotopic (exact) mass is 324 g/mol. The number of rotatable bonds is 7. The zero-order chi connectivity index (χ0) is 16.9. The SMILES string of the molecule is CC[C@H](C)Cn1c(COc2cccc(OC)c2)nc2ccccc21. The van der Waals surface area contributed by atoms with Gasteiger partial charge in [0.05, 0.1) is 18.1 Å². The number of nitrogens with zero attached hydrogens (tertiary/aromatic N) is 2. The first-order valence-corrected chi connectivity index (χ1v) is 8.42. The van der Waals surface area contributed by atoms with Crippen LogP contribution < -0.4 is 9.47 Å². The van der Waals surface area contributed by atoms with Crippen LogP contribution in [0.3, 0.4) is 0 Å². The lowest BCUT2D eigenvalue weighted by atomic mass is 10.1. The second-order valence-electron chi connectivity index (χ2n) is 6.11. The first-order valence-electron chi connectivity index (χ1n) is 8.42. The summed E-state index contributed by atoms with van der Waals surface area (Å²) in [4.78, 5) is 4.76. The molecule has 24 heavy (non-hydrogen) atoms. The molecule has 0 aliphatic heterocycles. The number of imidazole rings is 1. The first-order chi connectivity index (χ1) is 11.7. The Hall–Kier alpha value is -2.49. The van der Waals surface area contributed by atoms with Crippen LogP contribution in [0.15, 0.2) is 48.5 Å². The summed E-state index contributed by atoms with van der Waals surface area (Å²) in [7, 11) is 1.66. The third-order valence-electron chi connectivity index (χ3n) is 4.33. The van der Waals surface area contributed by atoms with Crippen molar-refractivity contribution in [1.29, 1.82) is 0 Å². The molecule has 3 rings (SSSR count). The Kier molecular flexibility index (Phi) is 5.04. The summed E-state index contributed by atoms with van der Waals surface area (Å²) in [5.74, 6) is 3.13. The van der Waals surface area contributed by atoms with Crippen molar-refractivity contribution in [2.75, 3.05) is 7.11 Å². The van der Waals surface area contributed by atoms with E-state index in [0.29, 0.717) is 12.5 Å². The van der Waals surface area contributed by atoms with Gasteiger partial charge in [-0.3, -0.25) is 0 Å². The fourth-order valence-corrected chi connectivity index (χ4v) is 2.72. The maximum atomic E-state index is 5.96. The van der Waals surface area contributed by atoms with Crippen LogP contribution in [0.1, 0.15) is 26.1 Å². The highest BCUT2D eigenvalue weighted by Gasteiger charge is 2.13. The Morgan fingerprint density at radius 2 is 1.88 bits per heavy atom. The van der Waals surface area contributed by atoms with Crippen LogP contribution in [0.4, 0.5) is 0 Å². The maximum Gasteiger partial charge on any atom is 0.148 e. The smallest absolute Gasteiger partial charge is 0.148 e. The van der Waals surface area contributed by atoms with Crippen molar-refractivity contribution in [2.24, 2.45) is 5.92 Å². The number of para-hydroxylation sites is 2. The van der Waals surface area contributed by atoms with Gasteiger partial charge in [-0.1, -0.05) is 38.5 Å². The van der Waals surface area contributed by atoms with Gasteiger partial charge in [0, 0.05) is 12.6 Å². The average Bonchev–Trinajstić information content (AvgIpc) is 2.97. The van der Waals surface area contributed by atoms with Crippen LogP contribution >= 0.6 is 0 Å². The standard InChI is InChI=1S/C20H24N2O2/c1-4-15(2)13-22-19-11-6-5-10-18(19)21-20(22)14-24-17-9-7-8-16(12-17)23-3/h5-12,15H,4,13-14H2,1-3H3/t15-/m0/s1. The number of benzene rings is 2. The first kappa shape index (κ1) is 16.4. The zero-order valence-electron chi connectivity index (χ0n) is 14.5. The van der Waals surface area contributed by atoms with E-state index in [1.807, 2.05) is 30.3 Å². The van der Waals surface area contributed by atoms with E-state index in [-0.39, 0.29) is 0 Å². The fraction of sp³-hybridized carbons (Fsp3) is 0.350. The van der Waals surface area contributed by atoms with E-state index < -0.39 is 0 Å². The van der Waals surface area contributed by atoms with Gasteiger partial charge in [0.15, 0.2) is 0 Å². The molecule has 0 fully saturated rings. The average molecular weight is 324 g/mol. The lowest BCUT2D eigenvalue weighted by Crippen LogP contribution is -2.12. The van der Waals surface area contributed by atoms with Crippen molar-refractivity contribution in [1.82, 2.24) is 9.55 Å². The van der Waals surface area contributed by atoms with E-state index in [1.54, 1.807) is 7.11 Å². The van der Waals surface area contributed by atoms with Crippen molar-refractivity contribution in [2.45, 2.75) is 33.4 Å². The number of aromatic nitrogens is 2. The highest BCUT2D eigenvalue weighted by Crippen LogP contribution is 2.22. The summed E-state index contributed by atoms with van der Waals surface area (Å²) in [5, 5.41) is 0. The number of methoxy groups -OCH3 is 1. The number of ether oxygens (including phenoxy) is 2. The summed E-state index contributed by atoms with van der Waals surface area (Å²) < 4.78 is 13.5. The summed E-state index contributed by atoms with van der Waals surface area (Å²) in [6.45, 7) is 5.88. The topological polar surface area (TPSA) is 36.3 Å². The van der Waals surface area contributed by atoms with Gasteiger partial charge in [-0.15, -0.1) is 0 Å². The lowest BCUT2D eigenvalue weighted by Gasteiger charge is -2.14. The summed E-state index contributed by atoms with van der Waals surface area (Å²) in [6, 6.07) is 15.9. The summed E-state index contributed by atoms with van der Waals surface area (Å²) in [5.41, 5.74) is 2.19. The highest BCUT2D eigenvalue weighted by molar-refractivity contribution is 5.75. The van der Waals surface area contributed by atoms with Crippen LogP contribution in [0.25, 0.3) is 11.0 Å². The lowest BCUT2D eigenvalue weighted by molar-refractivity contribution is 0.284. The van der Waals surface area contributed by atoms with Gasteiger partial charge in [0.2, 0.25) is 0 Å². The van der Waals surface area contributed by atoms with Crippen LogP contribution in [0, 0.1) is 5.92 Å². The number of hydrogen-bond acceptors (Lipinski definition) is 3. The molecule has 126 valence electrons. The van der Waals surface area contributed by atoms with E-state index in [0.717, 1.165) is 35.8 Å². The van der Waals surface area contributed by atoms with Gasteiger partial charge >= 0.3 is 0 Å². The molecular weight excluding hydrogens is 300 g/mol. The maximum absolute atomic E-state index is 5.96. The minimum atomic E-state index is 0.443. The van der Waals surface area contributed by atoms with Crippen LogP contribution in [0.2, 0.25) is 0 Å². The Labute approximate surface area is 143 Å². The molecule has 0 unspecified atom stereocenters. The predicted molar refractivity (Wildman–Crippen MR) is 96.5 cm³/mol. The number of fused-ring (bicyclic) bond motifs is 1. The molecule has 3 aromatic rings. The largest absolute Gasteiger partial charge is 0.497 e. The molecule has 4 heteroatoms. The third kappa shape index (κ3) is 3.53. The fourth-order valence-electron chi connectivity index (χ4n) is 2.72. The van der Waals surface area contributed by atoms with Crippen LogP contribution in [-0.2, 0) is 13.2 Å². The molecular formula is C20H24N2O2. The molecule has 0 saturated heterocycles. The van der Waals surface area contributed by atoms with E-state index >= 15 is 0 Å². The Balaban J connectivity index is 1.86. The summed E-state index contributed by atoms with van der Waals surface area (Å²) in [6.07, 6.45) is 1.14. The van der Waals surface area contributed by atoms with E-state index in [2.05, 4.69) is 36.6 Å². The van der Waals surface area contributed by atoms with Gasteiger partial charge in [0.25, 0.3) is 0 Å². The second-order valence-corrected chi connectivity index (χ2v) is 6.11.